The van der Waals surface area contributed by atoms with Crippen LogP contribution in [-0.2, 0) is 32.2 Å². The van der Waals surface area contributed by atoms with Crippen LogP contribution < -0.4 is 5.32 Å². The van der Waals surface area contributed by atoms with E-state index < -0.39 is 50.6 Å². The molecule has 1 aliphatic heterocycles. The lowest BCUT2D eigenvalue weighted by atomic mass is 10.0. The van der Waals surface area contributed by atoms with E-state index in [0.717, 1.165) is 22.5 Å². The molecule has 0 aromatic heterocycles. The summed E-state index contributed by atoms with van der Waals surface area (Å²) in [7, 11) is -4.47. The standard InChI is InChI=1S/C24H25F3N2O6S.CH2Cl2/c1-15(30)17-10-8-16(9-11-17)13-20(23(32)33)28-22(31)21-7-2-3-12-29(21)36(34,35)19-6-4-5-18(14-19)24(25,26)27;2-1-3/h4-6,8-11,14,20-21H,2-3,7,12-13H2,1H3,(H,28,31)(H,32,33);1H2/t20-,21-;/m0./s1. The fourth-order valence-electron chi connectivity index (χ4n) is 4.00. The minimum Gasteiger partial charge on any atom is -0.480 e. The van der Waals surface area contributed by atoms with Gasteiger partial charge in [-0.3, -0.25) is 9.59 Å². The van der Waals surface area contributed by atoms with Gasteiger partial charge in [0.2, 0.25) is 15.9 Å². The first-order chi connectivity index (χ1) is 18.2. The maximum atomic E-state index is 13.2. The van der Waals surface area contributed by atoms with Crippen molar-refractivity contribution >= 4 is 50.9 Å². The number of ketones is 1. The molecule has 0 unspecified atom stereocenters. The molecular formula is C25H27Cl2F3N2O6S. The Morgan fingerprint density at radius 2 is 1.72 bits per heavy atom. The number of hydrogen-bond acceptors (Lipinski definition) is 5. The number of amides is 1. The Hall–Kier alpha value is -2.67. The van der Waals surface area contributed by atoms with Crippen molar-refractivity contribution < 1.29 is 41.1 Å². The quantitative estimate of drug-likeness (QED) is 0.330. The Labute approximate surface area is 234 Å². The van der Waals surface area contributed by atoms with E-state index in [4.69, 9.17) is 23.2 Å². The molecule has 3 rings (SSSR count). The zero-order valence-corrected chi connectivity index (χ0v) is 23.1. The summed E-state index contributed by atoms with van der Waals surface area (Å²) in [6.45, 7) is 1.29. The molecule has 1 amide bonds. The minimum atomic E-state index is -4.75. The maximum Gasteiger partial charge on any atom is 0.416 e. The molecule has 1 fully saturated rings. The molecule has 0 spiro atoms. The fourth-order valence-corrected chi connectivity index (χ4v) is 5.71. The zero-order valence-electron chi connectivity index (χ0n) is 20.7. The normalized spacial score (nSPS) is 16.9. The number of carbonyl (C=O) groups is 3. The van der Waals surface area contributed by atoms with Gasteiger partial charge in [-0.25, -0.2) is 13.2 Å². The lowest BCUT2D eigenvalue weighted by Crippen LogP contribution is -2.55. The Balaban J connectivity index is 0.00000170. The van der Waals surface area contributed by atoms with Crippen LogP contribution in [0.2, 0.25) is 0 Å². The maximum absolute atomic E-state index is 13.2. The highest BCUT2D eigenvalue weighted by molar-refractivity contribution is 7.89. The highest BCUT2D eigenvalue weighted by atomic mass is 35.5. The summed E-state index contributed by atoms with van der Waals surface area (Å²) in [6, 6.07) is 6.79. The molecule has 2 aromatic carbocycles. The first-order valence-electron chi connectivity index (χ1n) is 11.7. The number of nitrogens with zero attached hydrogens (tertiary/aromatic N) is 1. The van der Waals surface area contributed by atoms with Crippen LogP contribution in [0.15, 0.2) is 53.4 Å². The van der Waals surface area contributed by atoms with Crippen molar-refractivity contribution in [3.63, 3.8) is 0 Å². The molecule has 1 saturated heterocycles. The van der Waals surface area contributed by atoms with Gasteiger partial charge in [0.15, 0.2) is 5.78 Å². The number of piperidine rings is 1. The summed E-state index contributed by atoms with van der Waals surface area (Å²) in [4.78, 5) is 35.7. The summed E-state index contributed by atoms with van der Waals surface area (Å²) in [5.74, 6) is -2.36. The van der Waals surface area contributed by atoms with Gasteiger partial charge >= 0.3 is 12.1 Å². The molecule has 0 bridgehead atoms. The van der Waals surface area contributed by atoms with Crippen LogP contribution in [0.1, 0.15) is 47.7 Å². The smallest absolute Gasteiger partial charge is 0.416 e. The molecule has 1 heterocycles. The predicted molar refractivity (Wildman–Crippen MR) is 139 cm³/mol. The number of carboxylic acid groups (broad SMARTS) is 1. The second kappa shape index (κ2) is 14.1. The van der Waals surface area contributed by atoms with Crippen LogP contribution in [0, 0.1) is 0 Å². The summed E-state index contributed by atoms with van der Waals surface area (Å²) in [6.07, 6.45) is -3.90. The molecule has 0 radical (unpaired) electrons. The van der Waals surface area contributed by atoms with Crippen LogP contribution in [0.4, 0.5) is 13.2 Å². The number of nitrogens with one attached hydrogen (secondary N) is 1. The van der Waals surface area contributed by atoms with Crippen LogP contribution in [0.5, 0.6) is 0 Å². The van der Waals surface area contributed by atoms with Gasteiger partial charge in [-0.1, -0.05) is 36.8 Å². The highest BCUT2D eigenvalue weighted by Crippen LogP contribution is 2.32. The number of alkyl halides is 5. The monoisotopic (exact) mass is 610 g/mol. The molecule has 14 heteroatoms. The number of halogens is 5. The zero-order chi connectivity index (χ0) is 29.4. The summed E-state index contributed by atoms with van der Waals surface area (Å²) < 4.78 is 66.6. The SMILES string of the molecule is CC(=O)c1ccc(C[C@H](NC(=O)[C@@H]2CCCCN2S(=O)(=O)c2cccc(C(F)(F)F)c2)C(=O)O)cc1.ClCCl. The predicted octanol–water partition coefficient (Wildman–Crippen LogP) is 4.68. The van der Waals surface area contributed by atoms with Crippen LogP contribution in [0.3, 0.4) is 0 Å². The highest BCUT2D eigenvalue weighted by Gasteiger charge is 2.40. The number of sulfonamides is 1. The van der Waals surface area contributed by atoms with E-state index >= 15 is 0 Å². The van der Waals surface area contributed by atoms with Crippen molar-refractivity contribution in [2.75, 3.05) is 11.9 Å². The van der Waals surface area contributed by atoms with Crippen molar-refractivity contribution in [2.24, 2.45) is 0 Å². The third-order valence-corrected chi connectivity index (χ3v) is 7.84. The van der Waals surface area contributed by atoms with E-state index in [9.17, 15) is 41.1 Å². The molecule has 39 heavy (non-hydrogen) atoms. The van der Waals surface area contributed by atoms with E-state index in [-0.39, 0.29) is 30.5 Å². The minimum absolute atomic E-state index is 0.0870. The first-order valence-corrected chi connectivity index (χ1v) is 14.2. The Morgan fingerprint density at radius 3 is 2.26 bits per heavy atom. The Morgan fingerprint density at radius 1 is 1.10 bits per heavy atom. The van der Waals surface area contributed by atoms with Gasteiger partial charge in [-0.2, -0.15) is 17.5 Å². The lowest BCUT2D eigenvalue weighted by Gasteiger charge is -2.34. The average molecular weight is 611 g/mol. The molecule has 0 aliphatic carbocycles. The third kappa shape index (κ3) is 8.92. The number of carboxylic acids is 1. The number of carbonyl (C=O) groups excluding carboxylic acids is 2. The second-order valence-corrected chi connectivity index (χ2v) is 11.3. The van der Waals surface area contributed by atoms with Crippen LogP contribution in [-0.4, -0.2) is 59.5 Å². The largest absolute Gasteiger partial charge is 0.480 e. The summed E-state index contributed by atoms with van der Waals surface area (Å²) in [5, 5.41) is 12.2. The van der Waals surface area contributed by atoms with Gasteiger partial charge < -0.3 is 10.4 Å². The van der Waals surface area contributed by atoms with Crippen molar-refractivity contribution in [3.05, 3.63) is 65.2 Å². The molecule has 8 nitrogen and oxygen atoms in total. The fraction of sp³-hybridized carbons (Fsp3) is 0.400. The third-order valence-electron chi connectivity index (χ3n) is 5.94. The van der Waals surface area contributed by atoms with Gasteiger partial charge in [-0.15, -0.1) is 23.2 Å². The van der Waals surface area contributed by atoms with Gasteiger partial charge in [-0.05, 0) is 43.5 Å². The van der Waals surface area contributed by atoms with Crippen molar-refractivity contribution in [2.45, 2.75) is 55.8 Å². The number of rotatable bonds is 8. The van der Waals surface area contributed by atoms with Crippen molar-refractivity contribution in [1.29, 1.82) is 0 Å². The average Bonchev–Trinajstić information content (AvgIpc) is 2.88. The number of hydrogen-bond donors (Lipinski definition) is 2. The number of Topliss-reactive ketones (excluding diaryl/α,β-unsaturated/α-hetero) is 1. The van der Waals surface area contributed by atoms with Crippen LogP contribution >= 0.6 is 23.2 Å². The summed E-state index contributed by atoms with van der Waals surface area (Å²) >= 11 is 9.53. The number of aliphatic carboxylic acids is 1. The van der Waals surface area contributed by atoms with Gasteiger partial charge in [0.25, 0.3) is 0 Å². The van der Waals surface area contributed by atoms with Gasteiger partial charge in [0.05, 0.1) is 15.8 Å². The van der Waals surface area contributed by atoms with Gasteiger partial charge in [0.1, 0.15) is 12.1 Å². The molecule has 2 N–H and O–H groups in total. The Kier molecular flexibility index (Phi) is 11.8. The van der Waals surface area contributed by atoms with E-state index in [1.807, 2.05) is 0 Å². The molecule has 2 aromatic rings. The van der Waals surface area contributed by atoms with E-state index in [2.05, 4.69) is 5.32 Å². The van der Waals surface area contributed by atoms with E-state index in [1.54, 1.807) is 12.1 Å². The summed E-state index contributed by atoms with van der Waals surface area (Å²) in [5.41, 5.74) is -0.166. The van der Waals surface area contributed by atoms with E-state index in [0.29, 0.717) is 30.0 Å². The van der Waals surface area contributed by atoms with Crippen molar-refractivity contribution in [3.8, 4) is 0 Å². The Bertz CT molecular complexity index is 1270. The second-order valence-electron chi connectivity index (χ2n) is 8.61. The topological polar surface area (TPSA) is 121 Å². The van der Waals surface area contributed by atoms with Gasteiger partial charge in [0, 0.05) is 18.5 Å². The molecule has 0 saturated carbocycles. The van der Waals surface area contributed by atoms with Crippen LogP contribution in [0.25, 0.3) is 0 Å². The van der Waals surface area contributed by atoms with E-state index in [1.165, 1.54) is 19.1 Å². The molecule has 214 valence electrons. The molecule has 2 atom stereocenters. The van der Waals surface area contributed by atoms with Crippen molar-refractivity contribution in [1.82, 2.24) is 9.62 Å². The lowest BCUT2D eigenvalue weighted by molar-refractivity contribution is -0.142. The molecule has 1 aliphatic rings. The first kappa shape index (κ1) is 32.5. The number of benzene rings is 2. The molecular weight excluding hydrogens is 584 g/mol.